The molecule has 2 aliphatic carbocycles. The van der Waals surface area contributed by atoms with Crippen LogP contribution in [0.3, 0.4) is 0 Å². The molecule has 0 aromatic carbocycles. The predicted molar refractivity (Wildman–Crippen MR) is 83.9 cm³/mol. The van der Waals surface area contributed by atoms with Crippen LogP contribution in [0, 0.1) is 16.7 Å². The largest absolute Gasteiger partial charge is 0.468 e. The zero-order chi connectivity index (χ0) is 15.1. The average molecular weight is 291 g/mol. The van der Waals surface area contributed by atoms with Crippen LogP contribution in [0.15, 0.2) is 16.7 Å². The number of fused-ring (bicyclic) bond motifs is 2. The minimum atomic E-state index is 0.337. The van der Waals surface area contributed by atoms with E-state index in [1.807, 2.05) is 6.07 Å². The first-order chi connectivity index (χ1) is 9.99. The van der Waals surface area contributed by atoms with Gasteiger partial charge >= 0.3 is 0 Å². The highest BCUT2D eigenvalue weighted by Gasteiger charge is 2.61. The Balaban J connectivity index is 1.63. The van der Waals surface area contributed by atoms with E-state index in [0.29, 0.717) is 23.5 Å². The number of ether oxygens (including phenoxy) is 1. The van der Waals surface area contributed by atoms with Crippen molar-refractivity contribution in [3.63, 3.8) is 0 Å². The van der Waals surface area contributed by atoms with Crippen molar-refractivity contribution < 1.29 is 9.15 Å². The molecule has 0 amide bonds. The van der Waals surface area contributed by atoms with E-state index in [4.69, 9.17) is 9.15 Å². The molecule has 2 fully saturated rings. The van der Waals surface area contributed by atoms with Crippen molar-refractivity contribution >= 4 is 0 Å². The molecule has 0 radical (unpaired) electrons. The molecular formula is C18H29NO2. The van der Waals surface area contributed by atoms with Gasteiger partial charge < -0.3 is 14.5 Å². The molecule has 1 N–H and O–H groups in total. The van der Waals surface area contributed by atoms with Gasteiger partial charge in [-0.1, -0.05) is 27.7 Å². The molecule has 118 valence electrons. The van der Waals surface area contributed by atoms with Gasteiger partial charge in [0, 0.05) is 5.56 Å². The first kappa shape index (κ1) is 15.1. The predicted octanol–water partition coefficient (Wildman–Crippen LogP) is 4.12. The number of nitrogens with one attached hydrogen (secondary N) is 1. The van der Waals surface area contributed by atoms with Gasteiger partial charge in [-0.15, -0.1) is 0 Å². The Morgan fingerprint density at radius 1 is 1.38 bits per heavy atom. The van der Waals surface area contributed by atoms with Crippen molar-refractivity contribution in [1.82, 2.24) is 5.32 Å². The van der Waals surface area contributed by atoms with Gasteiger partial charge in [-0.05, 0) is 48.6 Å². The Bertz CT molecular complexity index is 493. The van der Waals surface area contributed by atoms with E-state index in [2.05, 4.69) is 33.0 Å². The molecular weight excluding hydrogens is 262 g/mol. The van der Waals surface area contributed by atoms with E-state index in [-0.39, 0.29) is 0 Å². The van der Waals surface area contributed by atoms with Crippen LogP contribution in [-0.4, -0.2) is 12.6 Å². The summed E-state index contributed by atoms with van der Waals surface area (Å²) in [6.07, 6.45) is 6.08. The van der Waals surface area contributed by atoms with E-state index >= 15 is 0 Å². The third-order valence-corrected chi connectivity index (χ3v) is 6.53. The molecule has 2 aliphatic rings. The maximum atomic E-state index is 6.35. The molecule has 0 aliphatic heterocycles. The maximum absolute atomic E-state index is 6.35. The molecule has 3 atom stereocenters. The van der Waals surface area contributed by atoms with Gasteiger partial charge in [-0.3, -0.25) is 0 Å². The van der Waals surface area contributed by atoms with E-state index in [1.54, 1.807) is 6.26 Å². The van der Waals surface area contributed by atoms with E-state index in [1.165, 1.54) is 24.8 Å². The topological polar surface area (TPSA) is 34.4 Å². The summed E-state index contributed by atoms with van der Waals surface area (Å²) in [6.45, 7) is 11.8. The van der Waals surface area contributed by atoms with Gasteiger partial charge in [0.15, 0.2) is 0 Å². The highest BCUT2D eigenvalue weighted by molar-refractivity contribution is 5.17. The lowest BCUT2D eigenvalue weighted by atomic mass is 9.70. The van der Waals surface area contributed by atoms with Crippen LogP contribution in [0.2, 0.25) is 0 Å². The van der Waals surface area contributed by atoms with Crippen LogP contribution in [0.4, 0.5) is 0 Å². The van der Waals surface area contributed by atoms with Crippen molar-refractivity contribution in [3.8, 4) is 0 Å². The highest BCUT2D eigenvalue weighted by Crippen LogP contribution is 2.66. The van der Waals surface area contributed by atoms with E-state index in [0.717, 1.165) is 24.8 Å². The third-order valence-electron chi connectivity index (χ3n) is 6.53. The maximum Gasteiger partial charge on any atom is 0.123 e. The second-order valence-electron chi connectivity index (χ2n) is 7.56. The second kappa shape index (κ2) is 5.44. The fourth-order valence-electron chi connectivity index (χ4n) is 4.46. The zero-order valence-electron chi connectivity index (χ0n) is 13.9. The highest BCUT2D eigenvalue weighted by atomic mass is 16.5. The summed E-state index contributed by atoms with van der Waals surface area (Å²) in [5, 5.41) is 3.32. The molecule has 1 aromatic rings. The number of furan rings is 1. The lowest BCUT2D eigenvalue weighted by molar-refractivity contribution is -0.0554. The van der Waals surface area contributed by atoms with Gasteiger partial charge in [0.2, 0.25) is 0 Å². The normalized spacial score (nSPS) is 33.7. The smallest absolute Gasteiger partial charge is 0.123 e. The van der Waals surface area contributed by atoms with Crippen molar-refractivity contribution in [2.24, 2.45) is 16.7 Å². The number of hydrogen-bond donors (Lipinski definition) is 1. The Hall–Kier alpha value is -0.800. The standard InChI is InChI=1S/C18H29NO2/c1-5-19-11-15-13(7-9-20-15)12-21-16-10-14-6-8-18(16,4)17(14,2)3/h7,9,14,16,19H,5-6,8,10-12H2,1-4H3. The van der Waals surface area contributed by atoms with Crippen molar-refractivity contribution in [3.05, 3.63) is 23.7 Å². The second-order valence-corrected chi connectivity index (χ2v) is 7.56. The van der Waals surface area contributed by atoms with Gasteiger partial charge in [0.1, 0.15) is 5.76 Å². The fraction of sp³-hybridized carbons (Fsp3) is 0.778. The molecule has 1 heterocycles. The summed E-state index contributed by atoms with van der Waals surface area (Å²) in [4.78, 5) is 0. The summed E-state index contributed by atoms with van der Waals surface area (Å²) < 4.78 is 11.9. The fourth-order valence-corrected chi connectivity index (χ4v) is 4.46. The average Bonchev–Trinajstić information content (AvgIpc) is 3.04. The van der Waals surface area contributed by atoms with Crippen molar-refractivity contribution in [2.75, 3.05) is 6.54 Å². The first-order valence-electron chi connectivity index (χ1n) is 8.36. The first-order valence-corrected chi connectivity index (χ1v) is 8.36. The summed E-state index contributed by atoms with van der Waals surface area (Å²) >= 11 is 0. The monoisotopic (exact) mass is 291 g/mol. The molecule has 2 bridgehead atoms. The van der Waals surface area contributed by atoms with Crippen LogP contribution in [0.5, 0.6) is 0 Å². The van der Waals surface area contributed by atoms with Gasteiger partial charge in [0.25, 0.3) is 0 Å². The molecule has 0 spiro atoms. The quantitative estimate of drug-likeness (QED) is 0.856. The summed E-state index contributed by atoms with van der Waals surface area (Å²) in [6, 6.07) is 2.05. The Labute approximate surface area is 128 Å². The lowest BCUT2D eigenvalue weighted by Crippen LogP contribution is -2.37. The zero-order valence-corrected chi connectivity index (χ0v) is 13.9. The molecule has 3 unspecified atom stereocenters. The van der Waals surface area contributed by atoms with Crippen LogP contribution >= 0.6 is 0 Å². The summed E-state index contributed by atoms with van der Waals surface area (Å²) in [7, 11) is 0. The van der Waals surface area contributed by atoms with Crippen LogP contribution < -0.4 is 5.32 Å². The third kappa shape index (κ3) is 2.35. The Kier molecular flexibility index (Phi) is 3.91. The van der Waals surface area contributed by atoms with Crippen LogP contribution in [-0.2, 0) is 17.9 Å². The minimum Gasteiger partial charge on any atom is -0.468 e. The van der Waals surface area contributed by atoms with E-state index < -0.39 is 0 Å². The minimum absolute atomic E-state index is 0.337. The van der Waals surface area contributed by atoms with Gasteiger partial charge in [-0.2, -0.15) is 0 Å². The molecule has 3 heteroatoms. The molecule has 0 saturated heterocycles. The summed E-state index contributed by atoms with van der Waals surface area (Å²) in [5.41, 5.74) is 1.95. The van der Waals surface area contributed by atoms with Crippen molar-refractivity contribution in [1.29, 1.82) is 0 Å². The summed E-state index contributed by atoms with van der Waals surface area (Å²) in [5.74, 6) is 1.85. The Morgan fingerprint density at radius 3 is 2.81 bits per heavy atom. The molecule has 2 saturated carbocycles. The van der Waals surface area contributed by atoms with Crippen molar-refractivity contribution in [2.45, 2.75) is 66.2 Å². The lowest BCUT2D eigenvalue weighted by Gasteiger charge is -2.38. The Morgan fingerprint density at radius 2 is 2.19 bits per heavy atom. The molecule has 21 heavy (non-hydrogen) atoms. The SMILES string of the molecule is CCNCc1occc1COC1CC2CCC1(C)C2(C)C. The number of rotatable bonds is 6. The van der Waals surface area contributed by atoms with E-state index in [9.17, 15) is 0 Å². The molecule has 1 aromatic heterocycles. The molecule has 3 nitrogen and oxygen atoms in total. The van der Waals surface area contributed by atoms with Crippen LogP contribution in [0.1, 0.15) is 58.3 Å². The van der Waals surface area contributed by atoms with Crippen LogP contribution in [0.25, 0.3) is 0 Å². The van der Waals surface area contributed by atoms with Gasteiger partial charge in [-0.25, -0.2) is 0 Å². The number of hydrogen-bond acceptors (Lipinski definition) is 3. The van der Waals surface area contributed by atoms with Gasteiger partial charge in [0.05, 0.1) is 25.5 Å². The molecule has 3 rings (SSSR count).